The Morgan fingerprint density at radius 1 is 0.862 bits per heavy atom. The minimum atomic E-state index is -3.81. The van der Waals surface area contributed by atoms with E-state index in [2.05, 4.69) is 29.5 Å². The summed E-state index contributed by atoms with van der Waals surface area (Å²) in [6.07, 6.45) is 4.71. The van der Waals surface area contributed by atoms with Crippen molar-refractivity contribution in [3.8, 4) is 0 Å². The van der Waals surface area contributed by atoms with E-state index >= 15 is 0 Å². The lowest BCUT2D eigenvalue weighted by Gasteiger charge is -2.35. The molecule has 150 valence electrons. The molecule has 1 aliphatic heterocycles. The molecule has 29 heavy (non-hydrogen) atoms. The molecule has 0 saturated carbocycles. The molecule has 0 unspecified atom stereocenters. The Kier molecular flexibility index (Phi) is 5.50. The lowest BCUT2D eigenvalue weighted by atomic mass is 10.3. The second kappa shape index (κ2) is 8.22. The first-order chi connectivity index (χ1) is 14.0. The average molecular weight is 431 g/mol. The zero-order chi connectivity index (χ0) is 20.3. The zero-order valence-corrected chi connectivity index (χ0v) is 17.0. The Labute approximate surface area is 174 Å². The normalized spacial score (nSPS) is 14.7. The number of piperazine rings is 1. The van der Waals surface area contributed by atoms with E-state index < -0.39 is 10.0 Å². The SMILES string of the molecule is O=S(=O)(Nc1cnc(N2CCN(c3ccccn3)CC2)nc1)c1ccccc1Cl. The molecule has 1 fully saturated rings. The molecule has 0 aliphatic carbocycles. The molecule has 1 saturated heterocycles. The predicted octanol–water partition coefficient (Wildman–Crippen LogP) is 2.65. The van der Waals surface area contributed by atoms with Gasteiger partial charge in [-0.1, -0.05) is 29.8 Å². The first-order valence-electron chi connectivity index (χ1n) is 9.03. The van der Waals surface area contributed by atoms with Gasteiger partial charge in [0.2, 0.25) is 5.95 Å². The summed E-state index contributed by atoms with van der Waals surface area (Å²) < 4.78 is 27.5. The summed E-state index contributed by atoms with van der Waals surface area (Å²) in [5.41, 5.74) is 0.279. The van der Waals surface area contributed by atoms with Gasteiger partial charge in [-0.15, -0.1) is 0 Å². The summed E-state index contributed by atoms with van der Waals surface area (Å²) in [6.45, 7) is 3.12. The van der Waals surface area contributed by atoms with Crippen LogP contribution in [0.5, 0.6) is 0 Å². The van der Waals surface area contributed by atoms with Crippen LogP contribution in [0.25, 0.3) is 0 Å². The molecule has 1 aromatic carbocycles. The predicted molar refractivity (Wildman–Crippen MR) is 113 cm³/mol. The smallest absolute Gasteiger partial charge is 0.263 e. The average Bonchev–Trinajstić information content (AvgIpc) is 2.75. The summed E-state index contributed by atoms with van der Waals surface area (Å²) in [7, 11) is -3.81. The van der Waals surface area contributed by atoms with Gasteiger partial charge in [-0.2, -0.15) is 0 Å². The van der Waals surface area contributed by atoms with Crippen molar-refractivity contribution in [1.82, 2.24) is 15.0 Å². The molecular formula is C19H19ClN6O2S. The van der Waals surface area contributed by atoms with E-state index in [0.29, 0.717) is 5.95 Å². The molecule has 2 aromatic heterocycles. The van der Waals surface area contributed by atoms with E-state index in [-0.39, 0.29) is 15.6 Å². The van der Waals surface area contributed by atoms with Gasteiger partial charge in [-0.3, -0.25) is 4.72 Å². The summed E-state index contributed by atoms with van der Waals surface area (Å²) >= 11 is 5.99. The Balaban J connectivity index is 1.40. The monoisotopic (exact) mass is 430 g/mol. The minimum absolute atomic E-state index is 0.0105. The van der Waals surface area contributed by atoms with Gasteiger partial charge in [0, 0.05) is 32.4 Å². The van der Waals surface area contributed by atoms with E-state index in [4.69, 9.17) is 11.6 Å². The molecule has 1 aliphatic rings. The maximum absolute atomic E-state index is 12.5. The molecule has 4 rings (SSSR count). The second-order valence-electron chi connectivity index (χ2n) is 6.47. The van der Waals surface area contributed by atoms with Crippen LogP contribution in [0.2, 0.25) is 5.02 Å². The van der Waals surface area contributed by atoms with Crippen molar-refractivity contribution in [1.29, 1.82) is 0 Å². The Hall–Kier alpha value is -2.91. The quantitative estimate of drug-likeness (QED) is 0.665. The first kappa shape index (κ1) is 19.4. The molecule has 0 bridgehead atoms. The number of aromatic nitrogens is 3. The fourth-order valence-corrected chi connectivity index (χ4v) is 4.63. The second-order valence-corrected chi connectivity index (χ2v) is 8.53. The highest BCUT2D eigenvalue weighted by Gasteiger charge is 2.21. The summed E-state index contributed by atoms with van der Waals surface area (Å²) in [5.74, 6) is 1.52. The molecule has 0 radical (unpaired) electrons. The van der Waals surface area contributed by atoms with Crippen LogP contribution in [-0.4, -0.2) is 49.5 Å². The fourth-order valence-electron chi connectivity index (χ4n) is 3.09. The van der Waals surface area contributed by atoms with Gasteiger partial charge < -0.3 is 9.80 Å². The van der Waals surface area contributed by atoms with Crippen LogP contribution in [0, 0.1) is 0 Å². The molecule has 3 aromatic rings. The van der Waals surface area contributed by atoms with Crippen molar-refractivity contribution in [2.45, 2.75) is 4.90 Å². The number of nitrogens with zero attached hydrogens (tertiary/aromatic N) is 5. The minimum Gasteiger partial charge on any atom is -0.353 e. The van der Waals surface area contributed by atoms with Gasteiger partial charge in [0.25, 0.3) is 10.0 Å². The zero-order valence-electron chi connectivity index (χ0n) is 15.4. The topological polar surface area (TPSA) is 91.3 Å². The highest BCUT2D eigenvalue weighted by atomic mass is 35.5. The standard InChI is InChI=1S/C19H19ClN6O2S/c20-16-5-1-2-6-17(16)29(27,28)24-15-13-22-19(23-14-15)26-11-9-25(10-12-26)18-7-3-4-8-21-18/h1-8,13-14,24H,9-12H2. The number of anilines is 3. The van der Waals surface area contributed by atoms with Crippen molar-refractivity contribution in [2.24, 2.45) is 0 Å². The van der Waals surface area contributed by atoms with Gasteiger partial charge in [-0.25, -0.2) is 23.4 Å². The van der Waals surface area contributed by atoms with Crippen molar-refractivity contribution in [3.63, 3.8) is 0 Å². The fraction of sp³-hybridized carbons (Fsp3) is 0.211. The molecule has 10 heteroatoms. The largest absolute Gasteiger partial charge is 0.353 e. The van der Waals surface area contributed by atoms with Crippen molar-refractivity contribution in [3.05, 3.63) is 66.1 Å². The Morgan fingerprint density at radius 3 is 2.17 bits per heavy atom. The third kappa shape index (κ3) is 4.41. The van der Waals surface area contributed by atoms with Crippen LogP contribution in [-0.2, 0) is 10.0 Å². The molecule has 8 nitrogen and oxygen atoms in total. The number of hydrogen-bond donors (Lipinski definition) is 1. The van der Waals surface area contributed by atoms with Crippen LogP contribution < -0.4 is 14.5 Å². The van der Waals surface area contributed by atoms with Gasteiger partial charge in [-0.05, 0) is 24.3 Å². The van der Waals surface area contributed by atoms with Crippen LogP contribution in [0.4, 0.5) is 17.5 Å². The summed E-state index contributed by atoms with van der Waals surface area (Å²) in [5, 5.41) is 0.156. The third-order valence-electron chi connectivity index (χ3n) is 4.55. The maximum atomic E-state index is 12.5. The highest BCUT2D eigenvalue weighted by Crippen LogP contribution is 2.23. The summed E-state index contributed by atoms with van der Waals surface area (Å²) in [6, 6.07) is 12.1. The van der Waals surface area contributed by atoms with Crippen molar-refractivity contribution in [2.75, 3.05) is 40.7 Å². The van der Waals surface area contributed by atoms with Gasteiger partial charge >= 0.3 is 0 Å². The molecule has 0 atom stereocenters. The molecule has 3 heterocycles. The molecular weight excluding hydrogens is 412 g/mol. The van der Waals surface area contributed by atoms with E-state index in [0.717, 1.165) is 32.0 Å². The number of sulfonamides is 1. The lowest BCUT2D eigenvalue weighted by molar-refractivity contribution is 0.601. The van der Waals surface area contributed by atoms with Crippen molar-refractivity contribution >= 4 is 39.1 Å². The van der Waals surface area contributed by atoms with Gasteiger partial charge in [0.15, 0.2) is 0 Å². The number of nitrogens with one attached hydrogen (secondary N) is 1. The molecule has 1 N–H and O–H groups in total. The Morgan fingerprint density at radius 2 is 1.52 bits per heavy atom. The van der Waals surface area contributed by atoms with Crippen molar-refractivity contribution < 1.29 is 8.42 Å². The van der Waals surface area contributed by atoms with Crippen LogP contribution in [0.3, 0.4) is 0 Å². The van der Waals surface area contributed by atoms with Crippen LogP contribution in [0.1, 0.15) is 0 Å². The number of halogens is 1. The first-order valence-corrected chi connectivity index (χ1v) is 10.9. The highest BCUT2D eigenvalue weighted by molar-refractivity contribution is 7.92. The molecule has 0 spiro atoms. The van der Waals surface area contributed by atoms with Gasteiger partial charge in [0.1, 0.15) is 10.7 Å². The maximum Gasteiger partial charge on any atom is 0.263 e. The Bertz CT molecular complexity index is 1070. The number of benzene rings is 1. The molecule has 0 amide bonds. The van der Waals surface area contributed by atoms with E-state index in [1.54, 1.807) is 18.3 Å². The third-order valence-corrected chi connectivity index (χ3v) is 6.43. The lowest BCUT2D eigenvalue weighted by Crippen LogP contribution is -2.47. The van der Waals surface area contributed by atoms with Crippen LogP contribution >= 0.6 is 11.6 Å². The van der Waals surface area contributed by atoms with Gasteiger partial charge in [0.05, 0.1) is 23.1 Å². The van der Waals surface area contributed by atoms with Crippen LogP contribution in [0.15, 0.2) is 66.0 Å². The number of hydrogen-bond acceptors (Lipinski definition) is 7. The van der Waals surface area contributed by atoms with E-state index in [1.165, 1.54) is 24.5 Å². The summed E-state index contributed by atoms with van der Waals surface area (Å²) in [4.78, 5) is 17.3. The number of pyridine rings is 1. The van der Waals surface area contributed by atoms with E-state index in [9.17, 15) is 8.42 Å². The number of rotatable bonds is 5. The van der Waals surface area contributed by atoms with E-state index in [1.807, 2.05) is 18.2 Å².